The quantitative estimate of drug-likeness (QED) is 0.295. The lowest BCUT2D eigenvalue weighted by Crippen LogP contribution is -2.16. The van der Waals surface area contributed by atoms with Crippen molar-refractivity contribution in [2.24, 2.45) is 0 Å². The van der Waals surface area contributed by atoms with E-state index >= 15 is 0 Å². The number of fused-ring (bicyclic) bond motifs is 1. The Hall–Kier alpha value is -4.70. The molecule has 2 aromatic carbocycles. The fourth-order valence-corrected chi connectivity index (χ4v) is 4.16. The van der Waals surface area contributed by atoms with Crippen LogP contribution < -0.4 is 5.32 Å². The van der Waals surface area contributed by atoms with Crippen LogP contribution in [0.15, 0.2) is 61.2 Å². The molecule has 0 spiro atoms. The highest BCUT2D eigenvalue weighted by Crippen LogP contribution is 2.29. The van der Waals surface area contributed by atoms with Crippen molar-refractivity contribution in [1.29, 1.82) is 0 Å². The Morgan fingerprint density at radius 3 is 2.55 bits per heavy atom. The van der Waals surface area contributed by atoms with E-state index in [4.69, 9.17) is 0 Å². The van der Waals surface area contributed by atoms with Gasteiger partial charge in [-0.05, 0) is 73.7 Å². The predicted molar refractivity (Wildman–Crippen MR) is 151 cm³/mol. The van der Waals surface area contributed by atoms with Crippen molar-refractivity contribution in [3.63, 3.8) is 0 Å². The van der Waals surface area contributed by atoms with Gasteiger partial charge in [-0.15, -0.1) is 0 Å². The number of aromatic amines is 1. The minimum absolute atomic E-state index is 0.0927. The number of carbonyl (C=O) groups is 1. The highest BCUT2D eigenvalue weighted by Gasteiger charge is 2.17. The molecule has 0 bridgehead atoms. The molecule has 7 nitrogen and oxygen atoms in total. The van der Waals surface area contributed by atoms with Crippen LogP contribution in [0.1, 0.15) is 64.8 Å². The van der Waals surface area contributed by atoms with Crippen LogP contribution in [0.3, 0.4) is 0 Å². The molecule has 0 aliphatic rings. The summed E-state index contributed by atoms with van der Waals surface area (Å²) in [6.45, 7) is 12.4. The van der Waals surface area contributed by atoms with Gasteiger partial charge < -0.3 is 9.88 Å². The molecule has 3 heterocycles. The number of carbonyl (C=O) groups excluding carboxylic acids is 1. The number of imidazole rings is 1. The van der Waals surface area contributed by atoms with Crippen molar-refractivity contribution in [1.82, 2.24) is 24.7 Å². The molecule has 0 aliphatic heterocycles. The van der Waals surface area contributed by atoms with Gasteiger partial charge in [0.05, 0.1) is 12.0 Å². The minimum Gasteiger partial charge on any atom is -0.322 e. The van der Waals surface area contributed by atoms with Gasteiger partial charge in [0.1, 0.15) is 0 Å². The molecule has 5 aromatic rings. The number of aryl methyl sites for hydroxylation is 3. The smallest absolute Gasteiger partial charge is 0.255 e. The molecule has 0 aliphatic carbocycles. The summed E-state index contributed by atoms with van der Waals surface area (Å²) in [7, 11) is 0. The van der Waals surface area contributed by atoms with E-state index in [1.807, 2.05) is 67.9 Å². The zero-order valence-electron chi connectivity index (χ0n) is 22.5. The maximum Gasteiger partial charge on any atom is 0.255 e. The number of amides is 1. The second-order valence-corrected chi connectivity index (χ2v) is 10.6. The van der Waals surface area contributed by atoms with Crippen LogP contribution >= 0.6 is 0 Å². The molecule has 0 fully saturated rings. The lowest BCUT2D eigenvalue weighted by molar-refractivity contribution is 0.102. The van der Waals surface area contributed by atoms with Crippen LogP contribution in [0.25, 0.3) is 16.7 Å². The lowest BCUT2D eigenvalue weighted by Gasteiger charge is -2.22. The monoisotopic (exact) mass is 502 g/mol. The zero-order chi connectivity index (χ0) is 27.0. The van der Waals surface area contributed by atoms with Crippen molar-refractivity contribution < 1.29 is 4.79 Å². The van der Waals surface area contributed by atoms with E-state index in [9.17, 15) is 4.79 Å². The first-order valence-corrected chi connectivity index (χ1v) is 12.5. The van der Waals surface area contributed by atoms with Crippen molar-refractivity contribution in [3.8, 4) is 17.5 Å². The Morgan fingerprint density at radius 1 is 1.00 bits per heavy atom. The highest BCUT2D eigenvalue weighted by atomic mass is 16.1. The molecule has 5 rings (SSSR count). The molecule has 2 N–H and O–H groups in total. The zero-order valence-corrected chi connectivity index (χ0v) is 22.5. The number of aromatic nitrogens is 5. The second-order valence-electron chi connectivity index (χ2n) is 10.6. The Balaban J connectivity index is 1.44. The molecule has 1 amide bonds. The van der Waals surface area contributed by atoms with E-state index in [-0.39, 0.29) is 11.3 Å². The van der Waals surface area contributed by atoms with Crippen LogP contribution in [0, 0.1) is 32.6 Å². The first-order chi connectivity index (χ1) is 18.1. The first kappa shape index (κ1) is 25.0. The number of hydrogen-bond donors (Lipinski definition) is 2. The van der Waals surface area contributed by atoms with Gasteiger partial charge in [-0.3, -0.25) is 9.89 Å². The Kier molecular flexibility index (Phi) is 6.33. The number of benzene rings is 2. The van der Waals surface area contributed by atoms with Gasteiger partial charge in [0.15, 0.2) is 5.65 Å². The highest BCUT2D eigenvalue weighted by molar-refractivity contribution is 6.04. The number of pyridine rings is 1. The topological polar surface area (TPSA) is 88.5 Å². The van der Waals surface area contributed by atoms with Crippen LogP contribution in [-0.2, 0) is 5.41 Å². The van der Waals surface area contributed by atoms with Gasteiger partial charge in [0.25, 0.3) is 5.91 Å². The summed E-state index contributed by atoms with van der Waals surface area (Å²) in [4.78, 5) is 22.0. The second kappa shape index (κ2) is 9.64. The molecule has 190 valence electrons. The minimum atomic E-state index is -0.191. The Bertz CT molecular complexity index is 1740. The van der Waals surface area contributed by atoms with Crippen molar-refractivity contribution in [2.45, 2.75) is 47.0 Å². The Labute approximate surface area is 222 Å². The molecule has 0 saturated heterocycles. The third kappa shape index (κ3) is 5.21. The maximum atomic E-state index is 13.3. The largest absolute Gasteiger partial charge is 0.322 e. The molecule has 3 aromatic heterocycles. The van der Waals surface area contributed by atoms with E-state index in [0.717, 1.165) is 50.4 Å². The summed E-state index contributed by atoms with van der Waals surface area (Å²) < 4.78 is 1.97. The van der Waals surface area contributed by atoms with E-state index in [1.54, 1.807) is 12.5 Å². The SMILES string of the molecule is Cc1cn(-c2cc(NC(=O)c3ccc(C)c(C#Cc4cnc5n[nH]c(C)c5c4)c3)cc(C(C)(C)C)c2)cn1. The lowest BCUT2D eigenvalue weighted by atomic mass is 9.86. The molecular weight excluding hydrogens is 472 g/mol. The molecular formula is C31H30N6O. The normalized spacial score (nSPS) is 11.3. The molecule has 0 saturated carbocycles. The summed E-state index contributed by atoms with van der Waals surface area (Å²) in [5.74, 6) is 6.21. The van der Waals surface area contributed by atoms with Gasteiger partial charge >= 0.3 is 0 Å². The van der Waals surface area contributed by atoms with E-state index in [0.29, 0.717) is 11.2 Å². The predicted octanol–water partition coefficient (Wildman–Crippen LogP) is 6.02. The fraction of sp³-hybridized carbons (Fsp3) is 0.226. The number of H-pyrrole nitrogens is 1. The van der Waals surface area contributed by atoms with Gasteiger partial charge in [-0.25, -0.2) is 9.97 Å². The standard InChI is InChI=1S/C31H30N6O/c1-19-7-9-24(12-23(19)10-8-22-11-28-21(3)35-36-29(28)32-16-22)30(38)34-26-13-25(31(4,5)6)14-27(15-26)37-17-20(2)33-18-37/h7,9,11-18H,1-6H3,(H,34,38)(H,32,35,36). The van der Waals surface area contributed by atoms with Crippen molar-refractivity contribution in [3.05, 3.63) is 100 Å². The molecule has 7 heteroatoms. The molecule has 0 atom stereocenters. The van der Waals surface area contributed by atoms with Gasteiger partial charge in [0, 0.05) is 51.5 Å². The average molecular weight is 503 g/mol. The van der Waals surface area contributed by atoms with Gasteiger partial charge in [-0.2, -0.15) is 5.10 Å². The summed E-state index contributed by atoms with van der Waals surface area (Å²) in [5, 5.41) is 11.1. The van der Waals surface area contributed by atoms with Crippen LogP contribution in [0.2, 0.25) is 0 Å². The summed E-state index contributed by atoms with van der Waals surface area (Å²) in [6, 6.07) is 13.7. The number of anilines is 1. The number of rotatable bonds is 3. The van der Waals surface area contributed by atoms with Crippen molar-refractivity contribution >= 4 is 22.6 Å². The average Bonchev–Trinajstić information content (AvgIpc) is 3.48. The number of nitrogens with zero attached hydrogens (tertiary/aromatic N) is 4. The Morgan fingerprint density at radius 2 is 1.82 bits per heavy atom. The van der Waals surface area contributed by atoms with Crippen LogP contribution in [-0.4, -0.2) is 30.6 Å². The third-order valence-electron chi connectivity index (χ3n) is 6.49. The fourth-order valence-electron chi connectivity index (χ4n) is 4.16. The number of nitrogens with one attached hydrogen (secondary N) is 2. The van der Waals surface area contributed by atoms with Crippen molar-refractivity contribution in [2.75, 3.05) is 5.32 Å². The van der Waals surface area contributed by atoms with Gasteiger partial charge in [0.2, 0.25) is 0 Å². The van der Waals surface area contributed by atoms with Gasteiger partial charge in [-0.1, -0.05) is 38.7 Å². The first-order valence-electron chi connectivity index (χ1n) is 12.5. The molecule has 0 unspecified atom stereocenters. The summed E-state index contributed by atoms with van der Waals surface area (Å²) in [5.41, 5.74) is 8.37. The molecule has 38 heavy (non-hydrogen) atoms. The third-order valence-corrected chi connectivity index (χ3v) is 6.49. The summed E-state index contributed by atoms with van der Waals surface area (Å²) in [6.07, 6.45) is 5.47. The van der Waals surface area contributed by atoms with E-state index < -0.39 is 0 Å². The van der Waals surface area contributed by atoms with E-state index in [1.165, 1.54) is 0 Å². The molecule has 0 radical (unpaired) electrons. The number of hydrogen-bond acceptors (Lipinski definition) is 4. The van der Waals surface area contributed by atoms with Crippen LogP contribution in [0.5, 0.6) is 0 Å². The van der Waals surface area contributed by atoms with Crippen LogP contribution in [0.4, 0.5) is 5.69 Å². The summed E-state index contributed by atoms with van der Waals surface area (Å²) >= 11 is 0. The van der Waals surface area contributed by atoms with E-state index in [2.05, 4.69) is 64.2 Å². The maximum absolute atomic E-state index is 13.3.